The fourth-order valence-electron chi connectivity index (χ4n) is 2.76. The van der Waals surface area contributed by atoms with Gasteiger partial charge < -0.3 is 0 Å². The molecule has 1 aromatic carbocycles. The quantitative estimate of drug-likeness (QED) is 0.692. The summed E-state index contributed by atoms with van der Waals surface area (Å²) in [4.78, 5) is 11.3. The van der Waals surface area contributed by atoms with E-state index in [1.54, 1.807) is 12.2 Å². The highest BCUT2D eigenvalue weighted by molar-refractivity contribution is 14.1. The average Bonchev–Trinajstić information content (AvgIpc) is 2.72. The minimum atomic E-state index is -0.0637. The summed E-state index contributed by atoms with van der Waals surface area (Å²) in [6.07, 6.45) is 9.71. The number of rotatable bonds is 1. The third-order valence-electron chi connectivity index (χ3n) is 3.65. The Bertz CT molecular complexity index is 562. The topological polar surface area (TPSA) is 17.1 Å². The van der Waals surface area contributed by atoms with Crippen LogP contribution in [0.3, 0.4) is 0 Å². The van der Waals surface area contributed by atoms with Gasteiger partial charge in [-0.3, -0.25) is 4.79 Å². The van der Waals surface area contributed by atoms with Gasteiger partial charge in [-0.05, 0) is 62.3 Å². The molecular formula is C16H13IO. The summed E-state index contributed by atoms with van der Waals surface area (Å²) in [5, 5.41) is 0. The predicted molar refractivity (Wildman–Crippen MR) is 82.3 cm³/mol. The molecule has 0 atom stereocenters. The van der Waals surface area contributed by atoms with Crippen molar-refractivity contribution in [3.05, 3.63) is 63.8 Å². The van der Waals surface area contributed by atoms with Crippen LogP contribution < -0.4 is 0 Å². The molecule has 1 aromatic rings. The van der Waals surface area contributed by atoms with Crippen molar-refractivity contribution in [1.29, 1.82) is 0 Å². The van der Waals surface area contributed by atoms with Crippen LogP contribution in [0.15, 0.2) is 58.2 Å². The summed E-state index contributed by atoms with van der Waals surface area (Å²) in [5.74, 6) is 0.0925. The molecule has 18 heavy (non-hydrogen) atoms. The first kappa shape index (κ1) is 11.9. The van der Waals surface area contributed by atoms with Crippen molar-refractivity contribution in [2.45, 2.75) is 12.8 Å². The van der Waals surface area contributed by atoms with Crippen molar-refractivity contribution in [1.82, 2.24) is 0 Å². The molecule has 0 aliphatic heterocycles. The van der Waals surface area contributed by atoms with Crippen molar-refractivity contribution in [3.63, 3.8) is 0 Å². The zero-order valence-electron chi connectivity index (χ0n) is 9.90. The van der Waals surface area contributed by atoms with Crippen molar-refractivity contribution < 1.29 is 4.79 Å². The number of benzene rings is 1. The maximum Gasteiger partial charge on any atom is 0.178 e. The van der Waals surface area contributed by atoms with E-state index in [1.165, 1.54) is 14.7 Å². The minimum Gasteiger partial charge on any atom is -0.290 e. The third-order valence-corrected chi connectivity index (χ3v) is 4.73. The van der Waals surface area contributed by atoms with Gasteiger partial charge in [0.2, 0.25) is 0 Å². The molecule has 90 valence electrons. The molecule has 2 heteroatoms. The number of hydrogen-bond acceptors (Lipinski definition) is 1. The van der Waals surface area contributed by atoms with Gasteiger partial charge in [0.1, 0.15) is 0 Å². The third kappa shape index (κ3) is 1.88. The molecule has 0 aromatic heterocycles. The van der Waals surface area contributed by atoms with Gasteiger partial charge in [-0.1, -0.05) is 42.5 Å². The van der Waals surface area contributed by atoms with Crippen LogP contribution in [0.2, 0.25) is 0 Å². The van der Waals surface area contributed by atoms with Crippen LogP contribution in [0.25, 0.3) is 5.57 Å². The number of carbonyl (C=O) groups excluding carboxylic acids is 1. The van der Waals surface area contributed by atoms with Gasteiger partial charge in [0.05, 0.1) is 0 Å². The van der Waals surface area contributed by atoms with E-state index in [1.807, 2.05) is 6.07 Å². The highest BCUT2D eigenvalue weighted by Gasteiger charge is 2.37. The number of carbonyl (C=O) groups is 1. The first-order chi connectivity index (χ1) is 8.71. The van der Waals surface area contributed by atoms with Gasteiger partial charge in [0.15, 0.2) is 5.78 Å². The van der Waals surface area contributed by atoms with E-state index in [9.17, 15) is 4.79 Å². The number of ketones is 1. The van der Waals surface area contributed by atoms with Crippen molar-refractivity contribution in [2.24, 2.45) is 5.41 Å². The number of allylic oxidation sites excluding steroid dienone is 6. The van der Waals surface area contributed by atoms with E-state index in [0.717, 1.165) is 12.8 Å². The summed E-state index contributed by atoms with van der Waals surface area (Å²) in [7, 11) is 0. The molecule has 0 heterocycles. The first-order valence-corrected chi connectivity index (χ1v) is 7.16. The maximum absolute atomic E-state index is 11.3. The monoisotopic (exact) mass is 348 g/mol. The Hall–Kier alpha value is -1.16. The van der Waals surface area contributed by atoms with E-state index in [2.05, 4.69) is 59.0 Å². The molecule has 0 fully saturated rings. The summed E-state index contributed by atoms with van der Waals surface area (Å²) < 4.78 is 1.41. The van der Waals surface area contributed by atoms with Crippen LogP contribution in [-0.2, 0) is 4.79 Å². The molecular weight excluding hydrogens is 335 g/mol. The van der Waals surface area contributed by atoms with Crippen LogP contribution in [0.4, 0.5) is 0 Å². The molecule has 0 unspecified atom stereocenters. The van der Waals surface area contributed by atoms with Crippen molar-refractivity contribution in [2.75, 3.05) is 0 Å². The van der Waals surface area contributed by atoms with E-state index in [4.69, 9.17) is 0 Å². The second-order valence-electron chi connectivity index (χ2n) is 4.76. The van der Waals surface area contributed by atoms with E-state index in [0.29, 0.717) is 0 Å². The molecule has 1 nitrogen and oxygen atoms in total. The van der Waals surface area contributed by atoms with Crippen LogP contribution in [0, 0.1) is 5.41 Å². The predicted octanol–water partition coefficient (Wildman–Crippen LogP) is 4.31. The Morgan fingerprint density at radius 3 is 2.39 bits per heavy atom. The molecule has 0 saturated carbocycles. The number of hydrogen-bond donors (Lipinski definition) is 0. The lowest BCUT2D eigenvalue weighted by Crippen LogP contribution is -2.17. The molecule has 0 amide bonds. The van der Waals surface area contributed by atoms with Crippen LogP contribution in [-0.4, -0.2) is 5.78 Å². The van der Waals surface area contributed by atoms with Crippen molar-refractivity contribution >= 4 is 33.9 Å². The Balaban J connectivity index is 2.11. The Kier molecular flexibility index (Phi) is 2.98. The Morgan fingerprint density at radius 1 is 1.06 bits per heavy atom. The second kappa shape index (κ2) is 4.50. The van der Waals surface area contributed by atoms with Gasteiger partial charge in [0.25, 0.3) is 0 Å². The Labute approximate surface area is 120 Å². The highest BCUT2D eigenvalue weighted by atomic mass is 127. The lowest BCUT2D eigenvalue weighted by Gasteiger charge is -2.27. The second-order valence-corrected chi connectivity index (χ2v) is 6.06. The minimum absolute atomic E-state index is 0.0637. The van der Waals surface area contributed by atoms with Gasteiger partial charge in [-0.25, -0.2) is 0 Å². The summed E-state index contributed by atoms with van der Waals surface area (Å²) in [5.41, 5.74) is 2.57. The lowest BCUT2D eigenvalue weighted by molar-refractivity contribution is -0.110. The smallest absolute Gasteiger partial charge is 0.178 e. The standard InChI is InChI=1S/C16H13IO/c17-14-8-11-16(9-6-13(18)7-10-16)15(14)12-4-2-1-3-5-12/h1-7,9-10H,8,11H2. The SMILES string of the molecule is O=C1C=CC2(C=C1)CCC(I)=C2c1ccccc1. The molecule has 0 saturated heterocycles. The molecule has 0 N–H and O–H groups in total. The maximum atomic E-state index is 11.3. The van der Waals surface area contributed by atoms with Crippen LogP contribution >= 0.6 is 22.6 Å². The lowest BCUT2D eigenvalue weighted by atomic mass is 9.75. The molecule has 3 rings (SSSR count). The van der Waals surface area contributed by atoms with E-state index < -0.39 is 0 Å². The highest BCUT2D eigenvalue weighted by Crippen LogP contribution is 2.53. The summed E-state index contributed by atoms with van der Waals surface area (Å²) >= 11 is 2.44. The molecule has 2 aliphatic carbocycles. The zero-order valence-corrected chi connectivity index (χ0v) is 12.1. The number of halogens is 1. The van der Waals surface area contributed by atoms with E-state index >= 15 is 0 Å². The fourth-order valence-corrected chi connectivity index (χ4v) is 3.84. The fraction of sp³-hybridized carbons (Fsp3) is 0.188. The molecule has 1 spiro atoms. The van der Waals surface area contributed by atoms with Gasteiger partial charge in [-0.15, -0.1) is 0 Å². The van der Waals surface area contributed by atoms with Gasteiger partial charge >= 0.3 is 0 Å². The van der Waals surface area contributed by atoms with Gasteiger partial charge in [0, 0.05) is 5.41 Å². The largest absolute Gasteiger partial charge is 0.290 e. The Morgan fingerprint density at radius 2 is 1.72 bits per heavy atom. The van der Waals surface area contributed by atoms with Crippen molar-refractivity contribution in [3.8, 4) is 0 Å². The molecule has 0 radical (unpaired) electrons. The average molecular weight is 348 g/mol. The summed E-state index contributed by atoms with van der Waals surface area (Å²) in [6, 6.07) is 10.5. The zero-order chi connectivity index (χ0) is 12.6. The first-order valence-electron chi connectivity index (χ1n) is 6.08. The van der Waals surface area contributed by atoms with Gasteiger partial charge in [-0.2, -0.15) is 0 Å². The van der Waals surface area contributed by atoms with E-state index in [-0.39, 0.29) is 11.2 Å². The normalized spacial score (nSPS) is 21.1. The van der Waals surface area contributed by atoms with Crippen LogP contribution in [0.1, 0.15) is 18.4 Å². The molecule has 0 bridgehead atoms. The molecule has 2 aliphatic rings. The summed E-state index contributed by atoms with van der Waals surface area (Å²) in [6.45, 7) is 0. The van der Waals surface area contributed by atoms with Crippen LogP contribution in [0.5, 0.6) is 0 Å².